The predicted octanol–water partition coefficient (Wildman–Crippen LogP) is 4.00. The average Bonchev–Trinajstić information content (AvgIpc) is 2.74. The molecule has 3 aromatic rings. The molecule has 0 atom stereocenters. The monoisotopic (exact) mass is 425 g/mol. The molecule has 2 aromatic carbocycles. The summed E-state index contributed by atoms with van der Waals surface area (Å²) in [5, 5.41) is 6.92. The van der Waals surface area contributed by atoms with Crippen LogP contribution in [0.25, 0.3) is 10.9 Å². The average molecular weight is 426 g/mol. The van der Waals surface area contributed by atoms with Gasteiger partial charge in [-0.1, -0.05) is 6.07 Å². The van der Waals surface area contributed by atoms with Crippen molar-refractivity contribution in [3.05, 3.63) is 53.2 Å². The Kier molecular flexibility index (Phi) is 6.37. The van der Waals surface area contributed by atoms with Crippen molar-refractivity contribution in [2.24, 2.45) is 0 Å². The Labute approximate surface area is 180 Å². The maximum Gasteiger partial charge on any atom is 0.257 e. The van der Waals surface area contributed by atoms with Gasteiger partial charge in [0.1, 0.15) is 0 Å². The van der Waals surface area contributed by atoms with E-state index in [-0.39, 0.29) is 5.11 Å². The van der Waals surface area contributed by atoms with Gasteiger partial charge >= 0.3 is 0 Å². The molecule has 1 amide bonds. The molecule has 0 aliphatic carbocycles. The lowest BCUT2D eigenvalue weighted by Gasteiger charge is -2.16. The van der Waals surface area contributed by atoms with E-state index in [1.807, 2.05) is 38.1 Å². The maximum absolute atomic E-state index is 12.8. The summed E-state index contributed by atoms with van der Waals surface area (Å²) in [5.74, 6) is 0.768. The number of nitrogens with zero attached hydrogens (tertiary/aromatic N) is 1. The highest BCUT2D eigenvalue weighted by atomic mass is 32.1. The number of ether oxygens (including phenoxy) is 3. The number of anilines is 1. The summed E-state index contributed by atoms with van der Waals surface area (Å²) in [4.78, 5) is 17.3. The third-order valence-electron chi connectivity index (χ3n) is 4.61. The number of pyridine rings is 1. The van der Waals surface area contributed by atoms with E-state index in [0.717, 1.165) is 27.8 Å². The van der Waals surface area contributed by atoms with E-state index in [2.05, 4.69) is 15.6 Å². The highest BCUT2D eigenvalue weighted by Crippen LogP contribution is 2.38. The van der Waals surface area contributed by atoms with Crippen LogP contribution in [0.5, 0.6) is 17.2 Å². The fourth-order valence-electron chi connectivity index (χ4n) is 3.11. The number of thiocarbonyl (C=S) groups is 1. The first-order valence-corrected chi connectivity index (χ1v) is 9.58. The number of amides is 1. The molecule has 0 saturated heterocycles. The van der Waals surface area contributed by atoms with Crippen molar-refractivity contribution in [2.45, 2.75) is 13.8 Å². The first kappa shape index (κ1) is 21.3. The third-order valence-corrected chi connectivity index (χ3v) is 4.82. The first-order valence-electron chi connectivity index (χ1n) is 9.17. The Morgan fingerprint density at radius 1 is 0.967 bits per heavy atom. The number of aromatic nitrogens is 1. The second-order valence-electron chi connectivity index (χ2n) is 6.60. The molecule has 1 heterocycles. The Morgan fingerprint density at radius 2 is 1.63 bits per heavy atom. The van der Waals surface area contributed by atoms with Crippen LogP contribution in [0.4, 0.5) is 5.69 Å². The van der Waals surface area contributed by atoms with E-state index >= 15 is 0 Å². The van der Waals surface area contributed by atoms with Gasteiger partial charge in [-0.15, -0.1) is 0 Å². The standard InChI is InChI=1S/C22H23N3O4S/c1-12-6-9-16-15(8-7-13(2)23-16)19(12)24-22(30)25-21(26)14-10-17(27-3)20(29-5)18(11-14)28-4/h6-11H,1-5H3,(H2,24,25,26,30). The zero-order chi connectivity index (χ0) is 21.8. The summed E-state index contributed by atoms with van der Waals surface area (Å²) in [7, 11) is 4.48. The molecule has 0 saturated carbocycles. The van der Waals surface area contributed by atoms with Crippen LogP contribution in [0.15, 0.2) is 36.4 Å². The van der Waals surface area contributed by atoms with Crippen molar-refractivity contribution in [3.63, 3.8) is 0 Å². The number of methoxy groups -OCH3 is 3. The van der Waals surface area contributed by atoms with Crippen LogP contribution in [0.1, 0.15) is 21.6 Å². The van der Waals surface area contributed by atoms with E-state index in [4.69, 9.17) is 26.4 Å². The van der Waals surface area contributed by atoms with Gasteiger partial charge in [-0.2, -0.15) is 0 Å². The lowest BCUT2D eigenvalue weighted by Crippen LogP contribution is -2.34. The number of hydrogen-bond acceptors (Lipinski definition) is 6. The highest BCUT2D eigenvalue weighted by molar-refractivity contribution is 7.80. The molecule has 0 radical (unpaired) electrons. The molecule has 30 heavy (non-hydrogen) atoms. The van der Waals surface area contributed by atoms with Crippen molar-refractivity contribution >= 4 is 39.8 Å². The van der Waals surface area contributed by atoms with Gasteiger partial charge in [0.05, 0.1) is 32.5 Å². The SMILES string of the molecule is COc1cc(C(=O)NC(=S)Nc2c(C)ccc3nc(C)ccc23)cc(OC)c1OC. The summed E-state index contributed by atoms with van der Waals surface area (Å²) < 4.78 is 15.9. The molecule has 0 aliphatic rings. The number of benzene rings is 2. The van der Waals surface area contributed by atoms with Gasteiger partial charge in [0.2, 0.25) is 5.75 Å². The number of aryl methyl sites for hydroxylation is 2. The lowest BCUT2D eigenvalue weighted by atomic mass is 10.1. The molecule has 0 bridgehead atoms. The molecule has 0 unspecified atom stereocenters. The molecule has 156 valence electrons. The summed E-state index contributed by atoms with van der Waals surface area (Å²) in [6.45, 7) is 3.90. The minimum Gasteiger partial charge on any atom is -0.493 e. The fourth-order valence-corrected chi connectivity index (χ4v) is 3.31. The van der Waals surface area contributed by atoms with Gasteiger partial charge in [0, 0.05) is 16.6 Å². The smallest absolute Gasteiger partial charge is 0.257 e. The minimum atomic E-state index is -0.404. The Balaban J connectivity index is 1.85. The first-order chi connectivity index (χ1) is 14.4. The van der Waals surface area contributed by atoms with Gasteiger partial charge in [-0.3, -0.25) is 15.1 Å². The molecule has 0 spiro atoms. The van der Waals surface area contributed by atoms with Crippen molar-refractivity contribution < 1.29 is 19.0 Å². The summed E-state index contributed by atoms with van der Waals surface area (Å²) in [6.07, 6.45) is 0. The molecule has 3 rings (SSSR count). The fraction of sp³-hybridized carbons (Fsp3) is 0.227. The predicted molar refractivity (Wildman–Crippen MR) is 121 cm³/mol. The van der Waals surface area contributed by atoms with Crippen LogP contribution in [-0.2, 0) is 0 Å². The Hall–Kier alpha value is -3.39. The molecular weight excluding hydrogens is 402 g/mol. The van der Waals surface area contributed by atoms with Gasteiger partial charge < -0.3 is 19.5 Å². The maximum atomic E-state index is 12.8. The number of nitrogens with one attached hydrogen (secondary N) is 2. The van der Waals surface area contributed by atoms with E-state index in [1.165, 1.54) is 21.3 Å². The van der Waals surface area contributed by atoms with Gasteiger partial charge in [0.15, 0.2) is 16.6 Å². The highest BCUT2D eigenvalue weighted by Gasteiger charge is 2.18. The topological polar surface area (TPSA) is 81.7 Å². The van der Waals surface area contributed by atoms with Crippen LogP contribution in [0.3, 0.4) is 0 Å². The van der Waals surface area contributed by atoms with E-state index in [9.17, 15) is 4.79 Å². The number of rotatable bonds is 5. The molecular formula is C22H23N3O4S. The third kappa shape index (κ3) is 4.28. The number of hydrogen-bond donors (Lipinski definition) is 2. The second-order valence-corrected chi connectivity index (χ2v) is 7.01. The number of carbonyl (C=O) groups is 1. The molecule has 7 nitrogen and oxygen atoms in total. The zero-order valence-electron chi connectivity index (χ0n) is 17.5. The number of fused-ring (bicyclic) bond motifs is 1. The second kappa shape index (κ2) is 8.96. The molecule has 2 N–H and O–H groups in total. The zero-order valence-corrected chi connectivity index (χ0v) is 18.3. The number of carbonyl (C=O) groups excluding carboxylic acids is 1. The van der Waals surface area contributed by atoms with Crippen LogP contribution in [0.2, 0.25) is 0 Å². The summed E-state index contributed by atoms with van der Waals surface area (Å²) >= 11 is 5.38. The lowest BCUT2D eigenvalue weighted by molar-refractivity contribution is 0.0977. The van der Waals surface area contributed by atoms with Crippen molar-refractivity contribution in [1.29, 1.82) is 0 Å². The summed E-state index contributed by atoms with van der Waals surface area (Å²) in [5.41, 5.74) is 3.88. The molecule has 1 aromatic heterocycles. The van der Waals surface area contributed by atoms with Gasteiger partial charge in [-0.05, 0) is 62.0 Å². The van der Waals surface area contributed by atoms with E-state index in [1.54, 1.807) is 12.1 Å². The van der Waals surface area contributed by atoms with Crippen LogP contribution in [0, 0.1) is 13.8 Å². The minimum absolute atomic E-state index is 0.171. The van der Waals surface area contributed by atoms with Crippen molar-refractivity contribution in [3.8, 4) is 17.2 Å². The van der Waals surface area contributed by atoms with Gasteiger partial charge in [0.25, 0.3) is 5.91 Å². The van der Waals surface area contributed by atoms with Gasteiger partial charge in [-0.25, -0.2) is 0 Å². The summed E-state index contributed by atoms with van der Waals surface area (Å²) in [6, 6.07) is 11.0. The van der Waals surface area contributed by atoms with Crippen molar-refractivity contribution in [1.82, 2.24) is 10.3 Å². The van der Waals surface area contributed by atoms with E-state index in [0.29, 0.717) is 22.8 Å². The Bertz CT molecular complexity index is 1110. The van der Waals surface area contributed by atoms with Crippen LogP contribution >= 0.6 is 12.2 Å². The van der Waals surface area contributed by atoms with Crippen LogP contribution < -0.4 is 24.8 Å². The quantitative estimate of drug-likeness (QED) is 0.598. The van der Waals surface area contributed by atoms with E-state index < -0.39 is 5.91 Å². The molecule has 8 heteroatoms. The van der Waals surface area contributed by atoms with Crippen molar-refractivity contribution in [2.75, 3.05) is 26.6 Å². The Morgan fingerprint density at radius 3 is 2.23 bits per heavy atom. The molecule has 0 aliphatic heterocycles. The van der Waals surface area contributed by atoms with Crippen LogP contribution in [-0.4, -0.2) is 37.3 Å². The largest absolute Gasteiger partial charge is 0.493 e. The normalized spacial score (nSPS) is 10.4. The molecule has 0 fully saturated rings.